The molecule has 0 aliphatic carbocycles. The highest BCUT2D eigenvalue weighted by atomic mass is 19.1. The van der Waals surface area contributed by atoms with Crippen molar-refractivity contribution in [1.82, 2.24) is 0 Å². The Labute approximate surface area is 213 Å². The quantitative estimate of drug-likeness (QED) is 0.391. The molecule has 208 valence electrons. The first-order valence-corrected chi connectivity index (χ1v) is 12.1. The zero-order valence-corrected chi connectivity index (χ0v) is 23.6. The van der Waals surface area contributed by atoms with Crippen LogP contribution in [0.25, 0.3) is 0 Å². The van der Waals surface area contributed by atoms with Gasteiger partial charge >= 0.3 is 23.9 Å². The minimum Gasteiger partial charge on any atom is -0.462 e. The molecule has 0 aromatic carbocycles. The first-order chi connectivity index (χ1) is 16.0. The van der Waals surface area contributed by atoms with Crippen molar-refractivity contribution in [1.29, 1.82) is 0 Å². The molecule has 1 unspecified atom stereocenters. The Morgan fingerprint density at radius 2 is 0.917 bits per heavy atom. The minimum absolute atomic E-state index is 0.484. The van der Waals surface area contributed by atoms with Gasteiger partial charge in [-0.2, -0.15) is 0 Å². The number of ether oxygens (including phenoxy) is 5. The van der Waals surface area contributed by atoms with E-state index in [-0.39, 0.29) is 0 Å². The summed E-state index contributed by atoms with van der Waals surface area (Å²) >= 11 is 0. The molecule has 1 saturated heterocycles. The van der Waals surface area contributed by atoms with Gasteiger partial charge in [-0.3, -0.25) is 19.2 Å². The van der Waals surface area contributed by atoms with Crippen molar-refractivity contribution in [3.05, 3.63) is 0 Å². The second kappa shape index (κ2) is 11.0. The summed E-state index contributed by atoms with van der Waals surface area (Å²) in [6, 6.07) is 0. The number of esters is 4. The number of halogens is 1. The molecule has 0 aromatic heterocycles. The Balaban J connectivity index is 3.50. The van der Waals surface area contributed by atoms with E-state index >= 15 is 4.39 Å². The van der Waals surface area contributed by atoms with E-state index in [1.54, 1.807) is 83.1 Å². The van der Waals surface area contributed by atoms with E-state index in [9.17, 15) is 19.2 Å². The average molecular weight is 519 g/mol. The van der Waals surface area contributed by atoms with E-state index < -0.39 is 82.9 Å². The fraction of sp³-hybridized carbons (Fsp3) is 0.846. The highest BCUT2D eigenvalue weighted by Crippen LogP contribution is 2.34. The molecule has 0 radical (unpaired) electrons. The molecule has 1 heterocycles. The summed E-state index contributed by atoms with van der Waals surface area (Å²) in [6.07, 6.45) is -8.30. The molecule has 5 atom stereocenters. The van der Waals surface area contributed by atoms with Crippen LogP contribution in [0.3, 0.4) is 0 Å². The summed E-state index contributed by atoms with van der Waals surface area (Å²) in [5.74, 6) is -2.79. The number of alkyl halides is 1. The molecule has 0 bridgehead atoms. The first-order valence-electron chi connectivity index (χ1n) is 12.1. The van der Waals surface area contributed by atoms with Crippen LogP contribution in [0.2, 0.25) is 0 Å². The Morgan fingerprint density at radius 1 is 0.583 bits per heavy atom. The molecular weight excluding hydrogens is 475 g/mol. The molecule has 1 aliphatic rings. The lowest BCUT2D eigenvalue weighted by atomic mass is 9.93. The number of carbonyl (C=O) groups excluding carboxylic acids is 4. The van der Waals surface area contributed by atoms with Crippen molar-refractivity contribution in [2.75, 3.05) is 6.61 Å². The Kier molecular flexibility index (Phi) is 9.74. The van der Waals surface area contributed by atoms with Crippen LogP contribution in [-0.2, 0) is 42.9 Å². The fourth-order valence-corrected chi connectivity index (χ4v) is 2.68. The predicted octanol–water partition coefficient (Wildman–Crippen LogP) is 4.14. The van der Waals surface area contributed by atoms with E-state index in [2.05, 4.69) is 0 Å². The summed E-state index contributed by atoms with van der Waals surface area (Å²) < 4.78 is 42.8. The monoisotopic (exact) mass is 518 g/mol. The van der Waals surface area contributed by atoms with Gasteiger partial charge in [0, 0.05) is 0 Å². The maximum atomic E-state index is 15.4. The summed E-state index contributed by atoms with van der Waals surface area (Å²) in [5, 5.41) is 0. The lowest BCUT2D eigenvalue weighted by Gasteiger charge is -2.43. The summed E-state index contributed by atoms with van der Waals surface area (Å²) in [4.78, 5) is 50.7. The lowest BCUT2D eigenvalue weighted by molar-refractivity contribution is -0.283. The zero-order chi connectivity index (χ0) is 28.4. The van der Waals surface area contributed by atoms with E-state index in [1.165, 1.54) is 0 Å². The number of rotatable bonds is 5. The third-order valence-electron chi connectivity index (χ3n) is 5.13. The molecule has 0 saturated carbocycles. The van der Waals surface area contributed by atoms with Gasteiger partial charge in [-0.25, -0.2) is 4.39 Å². The van der Waals surface area contributed by atoms with Gasteiger partial charge in [0.15, 0.2) is 18.3 Å². The molecule has 1 rings (SSSR count). The molecule has 36 heavy (non-hydrogen) atoms. The molecule has 9 nitrogen and oxygen atoms in total. The predicted molar refractivity (Wildman–Crippen MR) is 128 cm³/mol. The number of hydrogen-bond donors (Lipinski definition) is 0. The number of hydrogen-bond acceptors (Lipinski definition) is 9. The first kappa shape index (κ1) is 31.8. The van der Waals surface area contributed by atoms with Gasteiger partial charge in [0.2, 0.25) is 6.36 Å². The third kappa shape index (κ3) is 8.71. The van der Waals surface area contributed by atoms with Crippen molar-refractivity contribution in [2.45, 2.75) is 114 Å². The molecule has 0 N–H and O–H groups in total. The average Bonchev–Trinajstić information content (AvgIpc) is 2.67. The van der Waals surface area contributed by atoms with Gasteiger partial charge in [-0.15, -0.1) is 0 Å². The van der Waals surface area contributed by atoms with Crippen LogP contribution in [-0.4, -0.2) is 61.3 Å². The summed E-state index contributed by atoms with van der Waals surface area (Å²) in [7, 11) is 0. The lowest BCUT2D eigenvalue weighted by Crippen LogP contribution is -2.62. The van der Waals surface area contributed by atoms with Crippen LogP contribution in [0.15, 0.2) is 0 Å². The molecule has 1 fully saturated rings. The van der Waals surface area contributed by atoms with Crippen molar-refractivity contribution in [3.8, 4) is 0 Å². The van der Waals surface area contributed by atoms with Crippen molar-refractivity contribution < 1.29 is 47.3 Å². The molecular formula is C26H43FO9. The van der Waals surface area contributed by atoms with E-state index in [1.807, 2.05) is 0 Å². The van der Waals surface area contributed by atoms with Gasteiger partial charge in [-0.05, 0) is 83.1 Å². The molecule has 0 amide bonds. The Bertz CT molecular complexity index is 824. The highest BCUT2D eigenvalue weighted by Gasteiger charge is 2.55. The molecule has 1 aliphatic heterocycles. The smallest absolute Gasteiger partial charge is 0.311 e. The van der Waals surface area contributed by atoms with E-state index in [0.717, 1.165) is 0 Å². The van der Waals surface area contributed by atoms with Crippen LogP contribution in [0.5, 0.6) is 0 Å². The molecule has 10 heteroatoms. The maximum absolute atomic E-state index is 15.4. The van der Waals surface area contributed by atoms with Gasteiger partial charge in [-0.1, -0.05) is 0 Å². The van der Waals surface area contributed by atoms with E-state index in [4.69, 9.17) is 23.7 Å². The van der Waals surface area contributed by atoms with Crippen LogP contribution in [0.4, 0.5) is 4.39 Å². The second-order valence-corrected chi connectivity index (χ2v) is 13.2. The minimum atomic E-state index is -2.25. The van der Waals surface area contributed by atoms with Crippen LogP contribution < -0.4 is 0 Å². The normalized spacial score (nSPS) is 25.5. The Morgan fingerprint density at radius 3 is 1.28 bits per heavy atom. The SMILES string of the molecule is CC(C)(C)C(=O)OC[C@@H]1OC(F)[C@H](OC(=O)C(C)(C)C)[C@H](OC(=O)C(C)(C)C)[C@H]1OC(=O)C(C)(C)C. The van der Waals surface area contributed by atoms with Crippen molar-refractivity contribution >= 4 is 23.9 Å². The van der Waals surface area contributed by atoms with Gasteiger partial charge in [0.25, 0.3) is 0 Å². The highest BCUT2D eigenvalue weighted by molar-refractivity contribution is 5.78. The topological polar surface area (TPSA) is 114 Å². The van der Waals surface area contributed by atoms with Gasteiger partial charge in [0.1, 0.15) is 12.7 Å². The zero-order valence-electron chi connectivity index (χ0n) is 23.6. The van der Waals surface area contributed by atoms with Crippen LogP contribution in [0.1, 0.15) is 83.1 Å². The Hall–Kier alpha value is -2.23. The largest absolute Gasteiger partial charge is 0.462 e. The van der Waals surface area contributed by atoms with Gasteiger partial charge in [0.05, 0.1) is 21.7 Å². The molecule has 0 aromatic rings. The second-order valence-electron chi connectivity index (χ2n) is 13.2. The van der Waals surface area contributed by atoms with Crippen LogP contribution in [0, 0.1) is 21.7 Å². The standard InChI is InChI=1S/C26H43FO9/c1-23(2,3)19(28)32-13-14-15(34-20(29)24(4,5)6)16(35-21(30)25(7,8)9)17(18(27)33-14)36-22(31)26(10,11)12/h14-18H,13H2,1-12H3/t14-,15-,16+,17+,18?/m0/s1. The number of carbonyl (C=O) groups is 4. The van der Waals surface area contributed by atoms with Gasteiger partial charge < -0.3 is 23.7 Å². The summed E-state index contributed by atoms with van der Waals surface area (Å²) in [5.41, 5.74) is -3.84. The van der Waals surface area contributed by atoms with E-state index in [0.29, 0.717) is 0 Å². The third-order valence-corrected chi connectivity index (χ3v) is 5.13. The molecule has 0 spiro atoms. The van der Waals surface area contributed by atoms with Crippen LogP contribution >= 0.6 is 0 Å². The summed E-state index contributed by atoms with van der Waals surface area (Å²) in [6.45, 7) is 18.8. The van der Waals surface area contributed by atoms with Crippen molar-refractivity contribution in [2.24, 2.45) is 21.7 Å². The fourth-order valence-electron chi connectivity index (χ4n) is 2.68. The van der Waals surface area contributed by atoms with Crippen molar-refractivity contribution in [3.63, 3.8) is 0 Å². The maximum Gasteiger partial charge on any atom is 0.311 e.